The van der Waals surface area contributed by atoms with Gasteiger partial charge in [0.15, 0.2) is 11.5 Å². The van der Waals surface area contributed by atoms with E-state index in [1.807, 2.05) is 6.92 Å². The second-order valence-electron chi connectivity index (χ2n) is 7.04. The van der Waals surface area contributed by atoms with E-state index in [1.54, 1.807) is 24.3 Å². The highest BCUT2D eigenvalue weighted by molar-refractivity contribution is 7.92. The fourth-order valence-electron chi connectivity index (χ4n) is 2.92. The molecule has 0 fully saturated rings. The number of phenolic OH excluding ortho intramolecular Hbond substituents is 2. The number of anilines is 1. The Morgan fingerprint density at radius 3 is 2.34 bits per heavy atom. The number of hydrogen-bond donors (Lipinski definition) is 3. The Morgan fingerprint density at radius 2 is 1.69 bits per heavy atom. The minimum Gasteiger partial charge on any atom is -0.507 e. The number of aryl methyl sites for hydroxylation is 1. The second kappa shape index (κ2) is 9.61. The fourth-order valence-corrected chi connectivity index (χ4v) is 3.97. The van der Waals surface area contributed by atoms with E-state index in [-0.39, 0.29) is 28.5 Å². The Morgan fingerprint density at radius 1 is 0.969 bits per heavy atom. The van der Waals surface area contributed by atoms with Crippen molar-refractivity contribution in [2.75, 3.05) is 18.4 Å². The largest absolute Gasteiger partial charge is 0.507 e. The SMILES string of the molecule is COc1cc(CCOC(=O)c2ccc(NS(=O)(=O)c3ccc(C)cc3)cc2O)ccc1O. The molecule has 168 valence electrons. The van der Waals surface area contributed by atoms with Crippen molar-refractivity contribution in [2.24, 2.45) is 0 Å². The summed E-state index contributed by atoms with van der Waals surface area (Å²) >= 11 is 0. The first-order valence-electron chi connectivity index (χ1n) is 9.65. The van der Waals surface area contributed by atoms with Gasteiger partial charge in [0.2, 0.25) is 0 Å². The van der Waals surface area contributed by atoms with Crippen molar-refractivity contribution >= 4 is 21.7 Å². The van der Waals surface area contributed by atoms with Gasteiger partial charge in [-0.2, -0.15) is 0 Å². The molecule has 0 unspecified atom stereocenters. The van der Waals surface area contributed by atoms with Gasteiger partial charge < -0.3 is 19.7 Å². The zero-order valence-electron chi connectivity index (χ0n) is 17.5. The summed E-state index contributed by atoms with van der Waals surface area (Å²) in [6.45, 7) is 1.88. The summed E-state index contributed by atoms with van der Waals surface area (Å²) in [5, 5.41) is 19.8. The molecule has 8 nitrogen and oxygen atoms in total. The van der Waals surface area contributed by atoms with Crippen LogP contribution in [0.2, 0.25) is 0 Å². The lowest BCUT2D eigenvalue weighted by Crippen LogP contribution is -2.13. The van der Waals surface area contributed by atoms with E-state index < -0.39 is 21.7 Å². The van der Waals surface area contributed by atoms with Gasteiger partial charge in [-0.15, -0.1) is 0 Å². The molecule has 0 amide bonds. The topological polar surface area (TPSA) is 122 Å². The number of ether oxygens (including phenoxy) is 2. The van der Waals surface area contributed by atoms with Crippen LogP contribution in [0.15, 0.2) is 65.6 Å². The summed E-state index contributed by atoms with van der Waals surface area (Å²) in [7, 11) is -2.40. The normalized spacial score (nSPS) is 11.1. The maximum absolute atomic E-state index is 12.5. The molecule has 32 heavy (non-hydrogen) atoms. The number of nitrogens with one attached hydrogen (secondary N) is 1. The van der Waals surface area contributed by atoms with Gasteiger partial charge in [-0.25, -0.2) is 13.2 Å². The van der Waals surface area contributed by atoms with Crippen LogP contribution in [0.4, 0.5) is 5.69 Å². The number of esters is 1. The predicted molar refractivity (Wildman–Crippen MR) is 119 cm³/mol. The van der Waals surface area contributed by atoms with Crippen molar-refractivity contribution in [1.29, 1.82) is 0 Å². The average molecular weight is 458 g/mol. The first-order valence-corrected chi connectivity index (χ1v) is 11.1. The van der Waals surface area contributed by atoms with Crippen LogP contribution < -0.4 is 9.46 Å². The fraction of sp³-hybridized carbons (Fsp3) is 0.174. The number of sulfonamides is 1. The van der Waals surface area contributed by atoms with Gasteiger partial charge in [0, 0.05) is 12.5 Å². The van der Waals surface area contributed by atoms with Crippen LogP contribution in [0.3, 0.4) is 0 Å². The third kappa shape index (κ3) is 5.50. The molecule has 0 aliphatic carbocycles. The van der Waals surface area contributed by atoms with Gasteiger partial charge in [0.05, 0.1) is 24.3 Å². The summed E-state index contributed by atoms with van der Waals surface area (Å²) in [4.78, 5) is 12.4. The van der Waals surface area contributed by atoms with Crippen molar-refractivity contribution in [1.82, 2.24) is 0 Å². The Hall–Kier alpha value is -3.72. The van der Waals surface area contributed by atoms with Gasteiger partial charge in [0.25, 0.3) is 10.0 Å². The standard InChI is InChI=1S/C23H23NO7S/c1-15-3-7-18(8-4-15)32(28,29)24-17-6-9-19(21(26)14-17)23(27)31-12-11-16-5-10-20(25)22(13-16)30-2/h3-10,13-14,24-26H,11-12H2,1-2H3. The van der Waals surface area contributed by atoms with E-state index in [0.717, 1.165) is 17.2 Å². The number of aromatic hydroxyl groups is 2. The lowest BCUT2D eigenvalue weighted by Gasteiger charge is -2.11. The van der Waals surface area contributed by atoms with Gasteiger partial charge in [-0.1, -0.05) is 23.8 Å². The van der Waals surface area contributed by atoms with Crippen molar-refractivity contribution in [3.63, 3.8) is 0 Å². The van der Waals surface area contributed by atoms with Crippen LogP contribution in [0, 0.1) is 6.92 Å². The Kier molecular flexibility index (Phi) is 6.89. The van der Waals surface area contributed by atoms with E-state index in [1.165, 1.54) is 37.4 Å². The van der Waals surface area contributed by atoms with E-state index in [4.69, 9.17) is 9.47 Å². The van der Waals surface area contributed by atoms with E-state index in [9.17, 15) is 23.4 Å². The molecule has 3 aromatic rings. The molecule has 0 saturated heterocycles. The van der Waals surface area contributed by atoms with Crippen LogP contribution >= 0.6 is 0 Å². The summed E-state index contributed by atoms with van der Waals surface area (Å²) < 4.78 is 37.6. The Bertz CT molecular complexity index is 1220. The molecule has 0 aromatic heterocycles. The summed E-state index contributed by atoms with van der Waals surface area (Å²) in [5.74, 6) is -0.835. The molecule has 9 heteroatoms. The smallest absolute Gasteiger partial charge is 0.341 e. The zero-order valence-corrected chi connectivity index (χ0v) is 18.3. The first-order chi connectivity index (χ1) is 15.2. The lowest BCUT2D eigenvalue weighted by atomic mass is 10.1. The molecule has 0 heterocycles. The van der Waals surface area contributed by atoms with Crippen molar-refractivity contribution < 1.29 is 32.9 Å². The van der Waals surface area contributed by atoms with Crippen LogP contribution in [0.1, 0.15) is 21.5 Å². The maximum atomic E-state index is 12.5. The third-order valence-electron chi connectivity index (χ3n) is 4.67. The van der Waals surface area contributed by atoms with Gasteiger partial charge >= 0.3 is 5.97 Å². The molecule has 3 rings (SSSR count). The molecule has 0 radical (unpaired) electrons. The number of hydrogen-bond acceptors (Lipinski definition) is 7. The quantitative estimate of drug-likeness (QED) is 0.442. The molecule has 0 atom stereocenters. The van der Waals surface area contributed by atoms with E-state index >= 15 is 0 Å². The number of methoxy groups -OCH3 is 1. The molecular weight excluding hydrogens is 434 g/mol. The number of carbonyl (C=O) groups excluding carboxylic acids is 1. The van der Waals surface area contributed by atoms with Crippen LogP contribution in [0.5, 0.6) is 17.2 Å². The van der Waals surface area contributed by atoms with Gasteiger partial charge in [-0.05, 0) is 48.9 Å². The molecule has 0 bridgehead atoms. The minimum atomic E-state index is -3.84. The third-order valence-corrected chi connectivity index (χ3v) is 6.07. The van der Waals surface area contributed by atoms with Crippen molar-refractivity contribution in [2.45, 2.75) is 18.2 Å². The summed E-state index contributed by atoms with van der Waals surface area (Å²) in [6, 6.07) is 14.9. The number of benzene rings is 3. The highest BCUT2D eigenvalue weighted by atomic mass is 32.2. The summed E-state index contributed by atoms with van der Waals surface area (Å²) in [6.07, 6.45) is 0.373. The van der Waals surface area contributed by atoms with Crippen LogP contribution in [-0.4, -0.2) is 38.3 Å². The monoisotopic (exact) mass is 457 g/mol. The first kappa shape index (κ1) is 23.0. The zero-order chi connectivity index (χ0) is 23.3. The van der Waals surface area contributed by atoms with Gasteiger partial charge in [-0.3, -0.25) is 4.72 Å². The van der Waals surface area contributed by atoms with E-state index in [2.05, 4.69) is 4.72 Å². The molecule has 0 aliphatic heterocycles. The van der Waals surface area contributed by atoms with Crippen molar-refractivity contribution in [3.8, 4) is 17.2 Å². The lowest BCUT2D eigenvalue weighted by molar-refractivity contribution is 0.0506. The molecule has 0 aliphatic rings. The number of rotatable bonds is 8. The molecular formula is C23H23NO7S. The molecule has 0 spiro atoms. The molecule has 0 saturated carbocycles. The Balaban J connectivity index is 1.63. The van der Waals surface area contributed by atoms with E-state index in [0.29, 0.717) is 12.2 Å². The number of carbonyl (C=O) groups is 1. The highest BCUT2D eigenvalue weighted by Crippen LogP contribution is 2.27. The second-order valence-corrected chi connectivity index (χ2v) is 8.73. The van der Waals surface area contributed by atoms with Crippen LogP contribution in [0.25, 0.3) is 0 Å². The van der Waals surface area contributed by atoms with Gasteiger partial charge in [0.1, 0.15) is 11.3 Å². The number of phenols is 2. The minimum absolute atomic E-state index is 0.0104. The van der Waals surface area contributed by atoms with Crippen molar-refractivity contribution in [3.05, 3.63) is 77.4 Å². The average Bonchev–Trinajstić information content (AvgIpc) is 2.75. The highest BCUT2D eigenvalue weighted by Gasteiger charge is 2.17. The molecule has 3 aromatic carbocycles. The van der Waals surface area contributed by atoms with Crippen LogP contribution in [-0.2, 0) is 21.2 Å². The maximum Gasteiger partial charge on any atom is 0.341 e. The predicted octanol–water partition coefficient (Wildman–Crippen LogP) is 3.62. The summed E-state index contributed by atoms with van der Waals surface area (Å²) in [5.41, 5.74) is 1.73. The Labute approximate surface area is 186 Å². The molecule has 3 N–H and O–H groups in total.